The summed E-state index contributed by atoms with van der Waals surface area (Å²) in [6.07, 6.45) is 8.94. The van der Waals surface area contributed by atoms with Crippen molar-refractivity contribution in [3.63, 3.8) is 0 Å². The van der Waals surface area contributed by atoms with Crippen LogP contribution in [0.15, 0.2) is 61.1 Å². The molecule has 4 rings (SSSR count). The maximum absolute atomic E-state index is 14.9. The lowest BCUT2D eigenvalue weighted by molar-refractivity contribution is -0.119. The SMILES string of the molecule is CCCCc1nccc(N2CC[C@@H](Oc3ccc(C(C)C(=O)Cc4cccnc4)cc3)C2)c1F. The van der Waals surface area contributed by atoms with Crippen LogP contribution in [0, 0.1) is 5.82 Å². The van der Waals surface area contributed by atoms with Crippen molar-refractivity contribution >= 4 is 11.5 Å². The highest BCUT2D eigenvalue weighted by Gasteiger charge is 2.27. The third kappa shape index (κ3) is 5.79. The van der Waals surface area contributed by atoms with Gasteiger partial charge in [0.05, 0.1) is 17.9 Å². The number of halogens is 1. The van der Waals surface area contributed by atoms with Crippen molar-refractivity contribution < 1.29 is 13.9 Å². The molecule has 0 bridgehead atoms. The van der Waals surface area contributed by atoms with Gasteiger partial charge in [0.15, 0.2) is 5.82 Å². The number of benzene rings is 1. The maximum atomic E-state index is 14.9. The number of ketones is 1. The van der Waals surface area contributed by atoms with Gasteiger partial charge in [-0.05, 0) is 48.2 Å². The molecule has 2 atom stereocenters. The van der Waals surface area contributed by atoms with Crippen LogP contribution in [0.25, 0.3) is 0 Å². The van der Waals surface area contributed by atoms with Crippen molar-refractivity contribution in [1.29, 1.82) is 0 Å². The smallest absolute Gasteiger partial charge is 0.167 e. The Kier molecular flexibility index (Phi) is 7.88. The van der Waals surface area contributed by atoms with E-state index in [0.29, 0.717) is 30.8 Å². The second kappa shape index (κ2) is 11.2. The Morgan fingerprint density at radius 1 is 1.21 bits per heavy atom. The zero-order chi connectivity index (χ0) is 23.9. The molecule has 0 N–H and O–H groups in total. The molecule has 1 aliphatic heterocycles. The highest BCUT2D eigenvalue weighted by atomic mass is 19.1. The second-order valence-corrected chi connectivity index (χ2v) is 8.96. The summed E-state index contributed by atoms with van der Waals surface area (Å²) in [7, 11) is 0. The molecule has 2 aromatic heterocycles. The second-order valence-electron chi connectivity index (χ2n) is 8.96. The average Bonchev–Trinajstić information content (AvgIpc) is 3.32. The summed E-state index contributed by atoms with van der Waals surface area (Å²) in [5.74, 6) is 0.519. The molecular formula is C28H32FN3O2. The molecular weight excluding hydrogens is 429 g/mol. The highest BCUT2D eigenvalue weighted by Crippen LogP contribution is 2.28. The molecule has 0 radical (unpaired) electrons. The zero-order valence-corrected chi connectivity index (χ0v) is 19.9. The molecule has 3 aromatic rings. The summed E-state index contributed by atoms with van der Waals surface area (Å²) in [4.78, 5) is 23.0. The average molecular weight is 462 g/mol. The van der Waals surface area contributed by atoms with Gasteiger partial charge >= 0.3 is 0 Å². The van der Waals surface area contributed by atoms with Crippen LogP contribution >= 0.6 is 0 Å². The third-order valence-corrected chi connectivity index (χ3v) is 6.46. The molecule has 3 heterocycles. The Bertz CT molecular complexity index is 1090. The van der Waals surface area contributed by atoms with Crippen molar-refractivity contribution in [3.05, 3.63) is 83.7 Å². The first kappa shape index (κ1) is 23.9. The van der Waals surface area contributed by atoms with Crippen molar-refractivity contribution in [2.45, 2.75) is 58.0 Å². The first-order chi connectivity index (χ1) is 16.5. The van der Waals surface area contributed by atoms with Crippen molar-refractivity contribution in [2.75, 3.05) is 18.0 Å². The molecule has 1 unspecified atom stereocenters. The van der Waals surface area contributed by atoms with Crippen molar-refractivity contribution in [2.24, 2.45) is 0 Å². The number of carbonyl (C=O) groups is 1. The van der Waals surface area contributed by atoms with Crippen LogP contribution in [0.2, 0.25) is 0 Å². The Morgan fingerprint density at radius 2 is 2.03 bits per heavy atom. The van der Waals surface area contributed by atoms with Gasteiger partial charge in [0, 0.05) is 43.9 Å². The molecule has 1 saturated heterocycles. The molecule has 0 spiro atoms. The summed E-state index contributed by atoms with van der Waals surface area (Å²) >= 11 is 0. The summed E-state index contributed by atoms with van der Waals surface area (Å²) in [5.41, 5.74) is 3.05. The van der Waals surface area contributed by atoms with E-state index in [1.165, 1.54) is 0 Å². The van der Waals surface area contributed by atoms with Gasteiger partial charge < -0.3 is 9.64 Å². The van der Waals surface area contributed by atoms with Gasteiger partial charge in [-0.2, -0.15) is 0 Å². The number of nitrogens with zero attached hydrogens (tertiary/aromatic N) is 3. The molecule has 6 heteroatoms. The van der Waals surface area contributed by atoms with Gasteiger partial charge in [0.1, 0.15) is 17.6 Å². The Labute approximate surface area is 201 Å². The van der Waals surface area contributed by atoms with Crippen molar-refractivity contribution in [1.82, 2.24) is 9.97 Å². The lowest BCUT2D eigenvalue weighted by atomic mass is 9.93. The molecule has 5 nitrogen and oxygen atoms in total. The normalized spacial score (nSPS) is 16.4. The zero-order valence-electron chi connectivity index (χ0n) is 19.9. The van der Waals surface area contributed by atoms with Crippen LogP contribution in [0.1, 0.15) is 55.8 Å². The minimum Gasteiger partial charge on any atom is -0.489 e. The molecule has 178 valence electrons. The van der Waals surface area contributed by atoms with E-state index in [-0.39, 0.29) is 23.6 Å². The summed E-state index contributed by atoms with van der Waals surface area (Å²) in [5, 5.41) is 0. The van der Waals surface area contributed by atoms with Gasteiger partial charge in [-0.25, -0.2) is 4.39 Å². The minimum atomic E-state index is -0.203. The van der Waals surface area contributed by atoms with Gasteiger partial charge in [-0.15, -0.1) is 0 Å². The fraction of sp³-hybridized carbons (Fsp3) is 0.393. The number of hydrogen-bond donors (Lipinski definition) is 0. The molecule has 1 aromatic carbocycles. The first-order valence-corrected chi connectivity index (χ1v) is 12.1. The van der Waals surface area contributed by atoms with E-state index >= 15 is 0 Å². The quantitative estimate of drug-likeness (QED) is 0.397. The van der Waals surface area contributed by atoms with E-state index in [1.807, 2.05) is 48.2 Å². The number of pyridine rings is 2. The number of aromatic nitrogens is 2. The number of Topliss-reactive ketones (excluding diaryl/α,β-unsaturated/α-hetero) is 1. The van der Waals surface area contributed by atoms with Crippen LogP contribution in [0.4, 0.5) is 10.1 Å². The fourth-order valence-electron chi connectivity index (χ4n) is 4.35. The molecule has 0 amide bonds. The Hall–Kier alpha value is -3.28. The topological polar surface area (TPSA) is 55.3 Å². The number of anilines is 1. The maximum Gasteiger partial charge on any atom is 0.167 e. The summed E-state index contributed by atoms with van der Waals surface area (Å²) in [6.45, 7) is 5.41. The van der Waals surface area contributed by atoms with Gasteiger partial charge in [0.25, 0.3) is 0 Å². The molecule has 0 saturated carbocycles. The first-order valence-electron chi connectivity index (χ1n) is 12.1. The molecule has 1 aliphatic rings. The van der Waals surface area contributed by atoms with E-state index in [9.17, 15) is 9.18 Å². The standard InChI is InChI=1S/C28H32FN3O2/c1-3-4-7-25-28(29)26(12-15-31-25)32-16-13-24(19-32)34-23-10-8-22(9-11-23)20(2)27(33)17-21-6-5-14-30-18-21/h5-6,8-12,14-15,18,20,24H,3-4,7,13,16-17,19H2,1-2H3/t20?,24-/m1/s1. The Morgan fingerprint density at radius 3 is 2.76 bits per heavy atom. The predicted molar refractivity (Wildman–Crippen MR) is 132 cm³/mol. The number of ether oxygens (including phenoxy) is 1. The van der Waals surface area contributed by atoms with Crippen LogP contribution in [0.5, 0.6) is 5.75 Å². The molecule has 0 aliphatic carbocycles. The van der Waals surface area contributed by atoms with Crippen LogP contribution in [-0.2, 0) is 17.6 Å². The highest BCUT2D eigenvalue weighted by molar-refractivity contribution is 5.87. The van der Waals surface area contributed by atoms with Crippen LogP contribution < -0.4 is 9.64 Å². The lowest BCUT2D eigenvalue weighted by Gasteiger charge is -2.20. The van der Waals surface area contributed by atoms with Crippen molar-refractivity contribution in [3.8, 4) is 5.75 Å². The van der Waals surface area contributed by atoms with E-state index in [4.69, 9.17) is 4.74 Å². The van der Waals surface area contributed by atoms with Gasteiger partial charge in [-0.3, -0.25) is 14.8 Å². The molecule has 1 fully saturated rings. The number of carbonyl (C=O) groups excluding carboxylic acids is 1. The fourth-order valence-corrected chi connectivity index (χ4v) is 4.35. The largest absolute Gasteiger partial charge is 0.489 e. The number of unbranched alkanes of at least 4 members (excludes halogenated alkanes) is 1. The predicted octanol–water partition coefficient (Wildman–Crippen LogP) is 5.53. The van der Waals surface area contributed by atoms with Crippen LogP contribution in [0.3, 0.4) is 0 Å². The summed E-state index contributed by atoms with van der Waals surface area (Å²) in [6, 6.07) is 13.3. The molecule has 34 heavy (non-hydrogen) atoms. The minimum absolute atomic E-state index is 0.0119. The number of aryl methyl sites for hydroxylation is 1. The Balaban J connectivity index is 1.33. The van der Waals surface area contributed by atoms with E-state index in [2.05, 4.69) is 16.9 Å². The number of hydrogen-bond acceptors (Lipinski definition) is 5. The summed E-state index contributed by atoms with van der Waals surface area (Å²) < 4.78 is 21.1. The number of rotatable bonds is 10. The van der Waals surface area contributed by atoms with Gasteiger partial charge in [-0.1, -0.05) is 38.5 Å². The van der Waals surface area contributed by atoms with E-state index < -0.39 is 0 Å². The van der Waals surface area contributed by atoms with Crippen LogP contribution in [-0.4, -0.2) is 34.9 Å². The van der Waals surface area contributed by atoms with Gasteiger partial charge in [0.2, 0.25) is 0 Å². The third-order valence-electron chi connectivity index (χ3n) is 6.46. The van der Waals surface area contributed by atoms with E-state index in [1.54, 1.807) is 24.7 Å². The monoisotopic (exact) mass is 461 g/mol. The lowest BCUT2D eigenvalue weighted by Crippen LogP contribution is -2.25. The van der Waals surface area contributed by atoms with E-state index in [0.717, 1.165) is 42.7 Å².